The number of anilines is 2. The lowest BCUT2D eigenvalue weighted by atomic mass is 10.1. The van der Waals surface area contributed by atoms with E-state index in [1.54, 1.807) is 24.3 Å². The Kier molecular flexibility index (Phi) is 4.71. The van der Waals surface area contributed by atoms with Gasteiger partial charge < -0.3 is 15.0 Å². The van der Waals surface area contributed by atoms with Crippen LogP contribution in [0, 0.1) is 5.92 Å². The Morgan fingerprint density at radius 1 is 0.900 bits per heavy atom. The molecule has 3 aromatic rings. The number of benzene rings is 3. The quantitative estimate of drug-likeness (QED) is 0.656. The van der Waals surface area contributed by atoms with Gasteiger partial charge in [0.15, 0.2) is 0 Å². The molecule has 2 amide bonds. The average molecular weight is 398 g/mol. The number of fused-ring (bicyclic) bond motifs is 1. The molecule has 3 aromatic carbocycles. The average Bonchev–Trinajstić information content (AvgIpc) is 3.54. The lowest BCUT2D eigenvalue weighted by Gasteiger charge is -2.18. The van der Waals surface area contributed by atoms with Crippen molar-refractivity contribution in [3.8, 4) is 11.5 Å². The minimum atomic E-state index is -0.195. The van der Waals surface area contributed by atoms with Crippen LogP contribution in [0.25, 0.3) is 0 Å². The summed E-state index contributed by atoms with van der Waals surface area (Å²) in [7, 11) is 0. The topological polar surface area (TPSA) is 58.6 Å². The van der Waals surface area contributed by atoms with Gasteiger partial charge in [-0.3, -0.25) is 9.59 Å². The summed E-state index contributed by atoms with van der Waals surface area (Å²) in [6, 6.07) is 22.4. The van der Waals surface area contributed by atoms with E-state index in [1.807, 2.05) is 53.4 Å². The summed E-state index contributed by atoms with van der Waals surface area (Å²) in [5, 5.41) is 2.94. The summed E-state index contributed by atoms with van der Waals surface area (Å²) in [5.74, 6) is 1.62. The van der Waals surface area contributed by atoms with Crippen LogP contribution in [0.2, 0.25) is 0 Å². The van der Waals surface area contributed by atoms with Gasteiger partial charge in [-0.05, 0) is 73.4 Å². The molecule has 1 aliphatic carbocycles. The second-order valence-corrected chi connectivity index (χ2v) is 7.75. The summed E-state index contributed by atoms with van der Waals surface area (Å²) in [4.78, 5) is 27.1. The molecular weight excluding hydrogens is 376 g/mol. The molecule has 1 aliphatic heterocycles. The van der Waals surface area contributed by atoms with Gasteiger partial charge in [0.05, 0.1) is 0 Å². The number of hydrogen-bond donors (Lipinski definition) is 1. The molecular formula is C25H22N2O3. The van der Waals surface area contributed by atoms with Crippen LogP contribution in [-0.2, 0) is 11.2 Å². The molecule has 0 atom stereocenters. The van der Waals surface area contributed by atoms with E-state index in [1.165, 1.54) is 0 Å². The molecule has 5 heteroatoms. The van der Waals surface area contributed by atoms with E-state index < -0.39 is 0 Å². The van der Waals surface area contributed by atoms with E-state index >= 15 is 0 Å². The van der Waals surface area contributed by atoms with Gasteiger partial charge in [-0.25, -0.2) is 0 Å². The molecule has 0 unspecified atom stereocenters. The van der Waals surface area contributed by atoms with Crippen molar-refractivity contribution in [1.82, 2.24) is 0 Å². The Hall–Kier alpha value is -3.60. The molecule has 0 saturated heterocycles. The lowest BCUT2D eigenvalue weighted by Crippen LogP contribution is -2.30. The number of carbonyl (C=O) groups excluding carboxylic acids is 2. The molecule has 30 heavy (non-hydrogen) atoms. The van der Waals surface area contributed by atoms with Crippen molar-refractivity contribution in [2.24, 2.45) is 5.92 Å². The predicted molar refractivity (Wildman–Crippen MR) is 116 cm³/mol. The number of amides is 2. The normalized spacial score (nSPS) is 14.9. The van der Waals surface area contributed by atoms with Crippen LogP contribution in [-0.4, -0.2) is 18.4 Å². The van der Waals surface area contributed by atoms with Crippen LogP contribution in [0.1, 0.15) is 28.8 Å². The largest absolute Gasteiger partial charge is 0.457 e. The molecule has 150 valence electrons. The first kappa shape index (κ1) is 18.4. The first-order valence-corrected chi connectivity index (χ1v) is 10.3. The Morgan fingerprint density at radius 3 is 2.37 bits per heavy atom. The Morgan fingerprint density at radius 2 is 1.63 bits per heavy atom. The van der Waals surface area contributed by atoms with Crippen LogP contribution < -0.4 is 15.0 Å². The van der Waals surface area contributed by atoms with Crippen molar-refractivity contribution in [2.45, 2.75) is 19.3 Å². The van der Waals surface area contributed by atoms with Gasteiger partial charge in [0.1, 0.15) is 11.5 Å². The highest BCUT2D eigenvalue weighted by molar-refractivity contribution is 6.05. The van der Waals surface area contributed by atoms with Crippen molar-refractivity contribution < 1.29 is 14.3 Å². The fraction of sp³-hybridized carbons (Fsp3) is 0.200. The zero-order valence-corrected chi connectivity index (χ0v) is 16.5. The van der Waals surface area contributed by atoms with Gasteiger partial charge in [-0.15, -0.1) is 0 Å². The van der Waals surface area contributed by atoms with Crippen LogP contribution in [0.15, 0.2) is 72.8 Å². The molecule has 5 rings (SSSR count). The molecule has 1 saturated carbocycles. The molecule has 0 spiro atoms. The van der Waals surface area contributed by atoms with E-state index in [0.717, 1.165) is 42.8 Å². The first-order valence-electron chi connectivity index (χ1n) is 10.3. The molecule has 0 aromatic heterocycles. The highest BCUT2D eigenvalue weighted by Gasteiger charge is 2.36. The molecule has 1 heterocycles. The predicted octanol–water partition coefficient (Wildman–Crippen LogP) is 5.03. The van der Waals surface area contributed by atoms with Crippen LogP contribution in [0.4, 0.5) is 11.4 Å². The van der Waals surface area contributed by atoms with E-state index in [4.69, 9.17) is 4.74 Å². The van der Waals surface area contributed by atoms with E-state index in [2.05, 4.69) is 5.32 Å². The van der Waals surface area contributed by atoms with Gasteiger partial charge in [-0.2, -0.15) is 0 Å². The summed E-state index contributed by atoms with van der Waals surface area (Å²) < 4.78 is 5.77. The Balaban J connectivity index is 1.27. The maximum Gasteiger partial charge on any atom is 0.255 e. The molecule has 1 fully saturated rings. The van der Waals surface area contributed by atoms with Crippen molar-refractivity contribution in [2.75, 3.05) is 16.8 Å². The van der Waals surface area contributed by atoms with Crippen LogP contribution in [0.3, 0.4) is 0 Å². The first-order chi connectivity index (χ1) is 14.7. The van der Waals surface area contributed by atoms with Gasteiger partial charge in [-0.1, -0.05) is 24.3 Å². The minimum Gasteiger partial charge on any atom is -0.457 e. The maximum atomic E-state index is 12.7. The van der Waals surface area contributed by atoms with Crippen LogP contribution in [0.5, 0.6) is 11.5 Å². The van der Waals surface area contributed by atoms with Crippen molar-refractivity contribution in [1.29, 1.82) is 0 Å². The smallest absolute Gasteiger partial charge is 0.255 e. The SMILES string of the molecule is O=C(Nc1ccc2c(c1)N(C(=O)C1CC1)CC2)c1ccc(Oc2ccccc2)cc1. The fourth-order valence-electron chi connectivity index (χ4n) is 3.74. The molecule has 1 N–H and O–H groups in total. The monoisotopic (exact) mass is 398 g/mol. The number of hydrogen-bond acceptors (Lipinski definition) is 3. The third-order valence-corrected chi connectivity index (χ3v) is 5.53. The van der Waals surface area contributed by atoms with E-state index in [9.17, 15) is 9.59 Å². The lowest BCUT2D eigenvalue weighted by molar-refractivity contribution is -0.119. The number of nitrogens with one attached hydrogen (secondary N) is 1. The zero-order valence-electron chi connectivity index (χ0n) is 16.5. The highest BCUT2D eigenvalue weighted by atomic mass is 16.5. The van der Waals surface area contributed by atoms with Crippen molar-refractivity contribution in [3.63, 3.8) is 0 Å². The Labute approximate surface area is 175 Å². The van der Waals surface area contributed by atoms with Crippen molar-refractivity contribution in [3.05, 3.63) is 83.9 Å². The van der Waals surface area contributed by atoms with Gasteiger partial charge in [0.25, 0.3) is 5.91 Å². The summed E-state index contributed by atoms with van der Waals surface area (Å²) >= 11 is 0. The standard InChI is InChI=1S/C25H22N2O3/c28-24(18-9-12-22(13-10-18)30-21-4-2-1-3-5-21)26-20-11-8-17-14-15-27(23(17)16-20)25(29)19-6-7-19/h1-5,8-13,16,19H,6-7,14-15H2,(H,26,28). The highest BCUT2D eigenvalue weighted by Crippen LogP contribution is 2.37. The summed E-state index contributed by atoms with van der Waals surface area (Å²) in [6.07, 6.45) is 2.85. The number of nitrogens with zero attached hydrogens (tertiary/aromatic N) is 1. The van der Waals surface area contributed by atoms with E-state index in [0.29, 0.717) is 17.0 Å². The van der Waals surface area contributed by atoms with Crippen LogP contribution >= 0.6 is 0 Å². The number of rotatable bonds is 5. The summed E-state index contributed by atoms with van der Waals surface area (Å²) in [5.41, 5.74) is 3.32. The van der Waals surface area contributed by atoms with Crippen molar-refractivity contribution >= 4 is 23.2 Å². The van der Waals surface area contributed by atoms with Gasteiger partial charge >= 0.3 is 0 Å². The number of ether oxygens (including phenoxy) is 1. The summed E-state index contributed by atoms with van der Waals surface area (Å²) in [6.45, 7) is 0.727. The molecule has 0 radical (unpaired) electrons. The number of carbonyl (C=O) groups is 2. The molecule has 5 nitrogen and oxygen atoms in total. The van der Waals surface area contributed by atoms with Gasteiger partial charge in [0.2, 0.25) is 5.91 Å². The fourth-order valence-corrected chi connectivity index (χ4v) is 3.74. The van der Waals surface area contributed by atoms with Gasteiger partial charge in [0, 0.05) is 29.4 Å². The number of para-hydroxylation sites is 1. The zero-order chi connectivity index (χ0) is 20.5. The second-order valence-electron chi connectivity index (χ2n) is 7.75. The second kappa shape index (κ2) is 7.67. The third-order valence-electron chi connectivity index (χ3n) is 5.53. The van der Waals surface area contributed by atoms with E-state index in [-0.39, 0.29) is 17.7 Å². The molecule has 2 aliphatic rings. The Bertz CT molecular complexity index is 1090. The maximum absolute atomic E-state index is 12.7. The molecule has 0 bridgehead atoms. The third kappa shape index (κ3) is 3.79. The minimum absolute atomic E-state index is 0.186.